The van der Waals surface area contributed by atoms with Crippen LogP contribution in [0.5, 0.6) is 5.75 Å². The average molecular weight is 360 g/mol. The van der Waals surface area contributed by atoms with Gasteiger partial charge >= 0.3 is 0 Å². The molecular weight excluding hydrogens is 340 g/mol. The Morgan fingerprint density at radius 3 is 2.63 bits per heavy atom. The van der Waals surface area contributed by atoms with E-state index in [0.717, 1.165) is 39.4 Å². The summed E-state index contributed by atoms with van der Waals surface area (Å²) < 4.78 is 7.85. The summed E-state index contributed by atoms with van der Waals surface area (Å²) in [6.07, 6.45) is 8.96. The first-order valence-electron chi connectivity index (χ1n) is 8.68. The van der Waals surface area contributed by atoms with Crippen LogP contribution in [0, 0.1) is 6.92 Å². The average Bonchev–Trinajstić information content (AvgIpc) is 3.10. The largest absolute Gasteiger partial charge is 0.486 e. The molecule has 0 radical (unpaired) electrons. The van der Waals surface area contributed by atoms with Gasteiger partial charge in [0.15, 0.2) is 0 Å². The van der Waals surface area contributed by atoms with E-state index < -0.39 is 0 Å². The Kier molecular flexibility index (Phi) is 4.42. The van der Waals surface area contributed by atoms with E-state index in [4.69, 9.17) is 4.74 Å². The van der Waals surface area contributed by atoms with E-state index in [1.165, 1.54) is 0 Å². The van der Waals surface area contributed by atoms with Gasteiger partial charge in [-0.25, -0.2) is 15.0 Å². The Labute approximate surface area is 157 Å². The summed E-state index contributed by atoms with van der Waals surface area (Å²) in [6.45, 7) is 3.87. The van der Waals surface area contributed by atoms with Crippen molar-refractivity contribution in [1.29, 1.82) is 0 Å². The SMILES string of the molecule is Cc1ncc(Nc2nccc3cc(OC(C)c4cnn(C)c4)ccc23)cn1. The lowest BCUT2D eigenvalue weighted by Crippen LogP contribution is -2.02. The first-order chi connectivity index (χ1) is 13.1. The van der Waals surface area contributed by atoms with E-state index in [-0.39, 0.29) is 6.10 Å². The zero-order valence-corrected chi connectivity index (χ0v) is 15.4. The van der Waals surface area contributed by atoms with Crippen LogP contribution in [0.15, 0.2) is 55.2 Å². The molecule has 7 nitrogen and oxygen atoms in total. The number of pyridine rings is 1. The van der Waals surface area contributed by atoms with Gasteiger partial charge in [0.2, 0.25) is 0 Å². The van der Waals surface area contributed by atoms with Gasteiger partial charge in [0.25, 0.3) is 0 Å². The first kappa shape index (κ1) is 17.0. The van der Waals surface area contributed by atoms with Crippen molar-refractivity contribution in [2.24, 2.45) is 7.05 Å². The molecule has 0 bridgehead atoms. The van der Waals surface area contributed by atoms with E-state index in [1.807, 2.05) is 57.6 Å². The van der Waals surface area contributed by atoms with Crippen molar-refractivity contribution in [1.82, 2.24) is 24.7 Å². The highest BCUT2D eigenvalue weighted by molar-refractivity contribution is 5.93. The molecule has 0 amide bonds. The third-order valence-electron chi connectivity index (χ3n) is 4.29. The van der Waals surface area contributed by atoms with Crippen LogP contribution in [-0.2, 0) is 7.05 Å². The fraction of sp³-hybridized carbons (Fsp3) is 0.200. The lowest BCUT2D eigenvalue weighted by atomic mass is 10.1. The molecule has 4 rings (SSSR count). The molecule has 27 heavy (non-hydrogen) atoms. The van der Waals surface area contributed by atoms with Crippen LogP contribution < -0.4 is 10.1 Å². The molecule has 4 aromatic rings. The van der Waals surface area contributed by atoms with Crippen molar-refractivity contribution in [2.45, 2.75) is 20.0 Å². The smallest absolute Gasteiger partial charge is 0.138 e. The van der Waals surface area contributed by atoms with Crippen molar-refractivity contribution in [2.75, 3.05) is 5.32 Å². The van der Waals surface area contributed by atoms with Crippen LogP contribution in [0.3, 0.4) is 0 Å². The third kappa shape index (κ3) is 3.72. The number of aromatic nitrogens is 5. The summed E-state index contributed by atoms with van der Waals surface area (Å²) in [5, 5.41) is 9.51. The Hall–Kier alpha value is -3.48. The van der Waals surface area contributed by atoms with Gasteiger partial charge in [-0.1, -0.05) is 0 Å². The van der Waals surface area contributed by atoms with E-state index in [2.05, 4.69) is 25.4 Å². The summed E-state index contributed by atoms with van der Waals surface area (Å²) >= 11 is 0. The minimum Gasteiger partial charge on any atom is -0.486 e. The monoisotopic (exact) mass is 360 g/mol. The Balaban J connectivity index is 1.58. The standard InChI is InChI=1S/C20H20N6O/c1-13(16-9-24-26(3)12-16)27-18-4-5-19-15(8-18)6-7-21-20(19)25-17-10-22-14(2)23-11-17/h4-13H,1-3H3,(H,21,25). The van der Waals surface area contributed by atoms with Crippen molar-refractivity contribution in [3.63, 3.8) is 0 Å². The Morgan fingerprint density at radius 1 is 1.07 bits per heavy atom. The zero-order chi connectivity index (χ0) is 18.8. The van der Waals surface area contributed by atoms with Gasteiger partial charge < -0.3 is 10.1 Å². The number of rotatable bonds is 5. The highest BCUT2D eigenvalue weighted by atomic mass is 16.5. The summed E-state index contributed by atoms with van der Waals surface area (Å²) in [7, 11) is 1.90. The van der Waals surface area contributed by atoms with Gasteiger partial charge in [-0.05, 0) is 43.5 Å². The van der Waals surface area contributed by atoms with Crippen LogP contribution in [0.25, 0.3) is 10.8 Å². The summed E-state index contributed by atoms with van der Waals surface area (Å²) in [5.74, 6) is 2.29. The summed E-state index contributed by atoms with van der Waals surface area (Å²) in [4.78, 5) is 12.9. The number of ether oxygens (including phenoxy) is 1. The van der Waals surface area contributed by atoms with Crippen molar-refractivity contribution < 1.29 is 4.74 Å². The molecule has 1 N–H and O–H groups in total. The second-order valence-corrected chi connectivity index (χ2v) is 6.39. The normalized spacial score (nSPS) is 12.1. The van der Waals surface area contributed by atoms with Crippen molar-refractivity contribution >= 4 is 22.3 Å². The lowest BCUT2D eigenvalue weighted by molar-refractivity contribution is 0.227. The molecule has 0 fully saturated rings. The van der Waals surface area contributed by atoms with Gasteiger partial charge in [0.1, 0.15) is 23.5 Å². The summed E-state index contributed by atoms with van der Waals surface area (Å²) in [6, 6.07) is 7.94. The highest BCUT2D eigenvalue weighted by Crippen LogP contribution is 2.29. The van der Waals surface area contributed by atoms with Crippen LogP contribution in [-0.4, -0.2) is 24.7 Å². The molecule has 0 saturated heterocycles. The molecule has 3 aromatic heterocycles. The van der Waals surface area contributed by atoms with Gasteiger partial charge in [-0.2, -0.15) is 5.10 Å². The molecule has 1 aromatic carbocycles. The highest BCUT2D eigenvalue weighted by Gasteiger charge is 2.11. The second kappa shape index (κ2) is 7.03. The van der Waals surface area contributed by atoms with Crippen LogP contribution in [0.2, 0.25) is 0 Å². The molecular formula is C20H20N6O. The number of fused-ring (bicyclic) bond motifs is 1. The van der Waals surface area contributed by atoms with Gasteiger partial charge in [0, 0.05) is 30.4 Å². The van der Waals surface area contributed by atoms with Crippen molar-refractivity contribution in [3.05, 3.63) is 66.6 Å². The van der Waals surface area contributed by atoms with E-state index in [9.17, 15) is 0 Å². The van der Waals surface area contributed by atoms with E-state index in [1.54, 1.807) is 23.3 Å². The third-order valence-corrected chi connectivity index (χ3v) is 4.29. The molecule has 7 heteroatoms. The molecule has 3 heterocycles. The van der Waals surface area contributed by atoms with Crippen LogP contribution >= 0.6 is 0 Å². The molecule has 0 saturated carbocycles. The number of aryl methyl sites for hydroxylation is 2. The first-order valence-corrected chi connectivity index (χ1v) is 8.68. The quantitative estimate of drug-likeness (QED) is 0.581. The molecule has 0 spiro atoms. The fourth-order valence-electron chi connectivity index (χ4n) is 2.85. The molecule has 136 valence electrons. The fourth-order valence-corrected chi connectivity index (χ4v) is 2.85. The number of anilines is 2. The molecule has 1 atom stereocenters. The van der Waals surface area contributed by atoms with Crippen LogP contribution in [0.1, 0.15) is 24.4 Å². The van der Waals surface area contributed by atoms with E-state index >= 15 is 0 Å². The van der Waals surface area contributed by atoms with E-state index in [0.29, 0.717) is 0 Å². The maximum absolute atomic E-state index is 6.08. The Bertz CT molecular complexity index is 1070. The topological polar surface area (TPSA) is 77.8 Å². The van der Waals surface area contributed by atoms with Crippen molar-refractivity contribution in [3.8, 4) is 5.75 Å². The number of hydrogen-bond donors (Lipinski definition) is 1. The van der Waals surface area contributed by atoms with Gasteiger partial charge in [-0.15, -0.1) is 0 Å². The number of benzene rings is 1. The molecule has 0 aliphatic heterocycles. The number of nitrogens with zero attached hydrogens (tertiary/aromatic N) is 5. The molecule has 0 aliphatic carbocycles. The molecule has 0 aliphatic rings. The Morgan fingerprint density at radius 2 is 1.89 bits per heavy atom. The number of hydrogen-bond acceptors (Lipinski definition) is 6. The zero-order valence-electron chi connectivity index (χ0n) is 15.4. The minimum absolute atomic E-state index is 0.0831. The predicted molar refractivity (Wildman–Crippen MR) is 104 cm³/mol. The van der Waals surface area contributed by atoms with Gasteiger partial charge in [-0.3, -0.25) is 4.68 Å². The maximum Gasteiger partial charge on any atom is 0.138 e. The van der Waals surface area contributed by atoms with Gasteiger partial charge in [0.05, 0.1) is 24.3 Å². The minimum atomic E-state index is -0.0831. The lowest BCUT2D eigenvalue weighted by Gasteiger charge is -2.14. The number of nitrogens with one attached hydrogen (secondary N) is 1. The predicted octanol–water partition coefficient (Wildman–Crippen LogP) is 3.95. The summed E-state index contributed by atoms with van der Waals surface area (Å²) in [5.41, 5.74) is 1.83. The van der Waals surface area contributed by atoms with Crippen LogP contribution in [0.4, 0.5) is 11.5 Å². The molecule has 1 unspecified atom stereocenters. The second-order valence-electron chi connectivity index (χ2n) is 6.39. The maximum atomic E-state index is 6.08.